The van der Waals surface area contributed by atoms with Crippen LogP contribution in [-0.2, 0) is 6.54 Å². The van der Waals surface area contributed by atoms with E-state index in [9.17, 15) is 14.9 Å². The summed E-state index contributed by atoms with van der Waals surface area (Å²) in [5.41, 5.74) is 1.86. The molecule has 1 aromatic heterocycles. The first-order chi connectivity index (χ1) is 9.40. The maximum absolute atomic E-state index is 12.2. The van der Waals surface area contributed by atoms with Crippen molar-refractivity contribution in [1.82, 2.24) is 9.78 Å². The number of hydrogen-bond donors (Lipinski definition) is 0. The Morgan fingerprint density at radius 2 is 2.15 bits per heavy atom. The van der Waals surface area contributed by atoms with Crippen LogP contribution < -0.4 is 0 Å². The van der Waals surface area contributed by atoms with Crippen LogP contribution >= 0.6 is 15.9 Å². The summed E-state index contributed by atoms with van der Waals surface area (Å²) in [6, 6.07) is 5.71. The lowest BCUT2D eigenvalue weighted by atomic mass is 10.1. The average molecular weight is 338 g/mol. The van der Waals surface area contributed by atoms with Crippen LogP contribution in [0.15, 0.2) is 28.7 Å². The smallest absolute Gasteiger partial charge is 0.270 e. The first-order valence-corrected chi connectivity index (χ1v) is 6.66. The highest BCUT2D eigenvalue weighted by Crippen LogP contribution is 2.20. The van der Waals surface area contributed by atoms with Crippen molar-refractivity contribution < 1.29 is 9.72 Å². The Balaban J connectivity index is 2.26. The summed E-state index contributed by atoms with van der Waals surface area (Å²) < 4.78 is 2.45. The zero-order chi connectivity index (χ0) is 14.9. The summed E-state index contributed by atoms with van der Waals surface area (Å²) in [5.74, 6) is -0.216. The monoisotopic (exact) mass is 337 g/mol. The molecule has 2 rings (SSSR count). The second-order valence-electron chi connectivity index (χ2n) is 4.37. The van der Waals surface area contributed by atoms with Crippen LogP contribution in [0.5, 0.6) is 0 Å². The molecule has 0 radical (unpaired) electrons. The number of carbonyl (C=O) groups excluding carboxylic acids is 1. The van der Waals surface area contributed by atoms with Crippen LogP contribution in [0.4, 0.5) is 5.69 Å². The van der Waals surface area contributed by atoms with Gasteiger partial charge in [-0.1, -0.05) is 12.1 Å². The topological polar surface area (TPSA) is 78.0 Å². The quantitative estimate of drug-likeness (QED) is 0.488. The number of nitrogens with zero attached hydrogens (tertiary/aromatic N) is 3. The SMILES string of the molecule is Cc1nn(CC(=O)c2cccc([N+](=O)[O-])c2)c(C)c1Br. The number of halogens is 1. The summed E-state index contributed by atoms with van der Waals surface area (Å²) in [6.45, 7) is 3.75. The number of non-ortho nitro benzene ring substituents is 1. The average Bonchev–Trinajstić information content (AvgIpc) is 2.66. The zero-order valence-electron chi connectivity index (χ0n) is 11.0. The first-order valence-electron chi connectivity index (χ1n) is 5.87. The molecule has 6 nitrogen and oxygen atoms in total. The van der Waals surface area contributed by atoms with E-state index in [1.54, 1.807) is 10.7 Å². The Labute approximate surface area is 123 Å². The van der Waals surface area contributed by atoms with Crippen molar-refractivity contribution in [3.05, 3.63) is 55.8 Å². The standard InChI is InChI=1S/C13H12BrN3O3/c1-8-13(14)9(2)16(15-8)7-12(18)10-4-3-5-11(6-10)17(19)20/h3-6H,7H2,1-2H3. The number of nitro groups is 1. The van der Waals surface area contributed by atoms with Gasteiger partial charge in [0.2, 0.25) is 0 Å². The van der Waals surface area contributed by atoms with Crippen LogP contribution in [0.1, 0.15) is 21.7 Å². The molecular weight excluding hydrogens is 326 g/mol. The Kier molecular flexibility index (Phi) is 3.99. The van der Waals surface area contributed by atoms with E-state index in [4.69, 9.17) is 0 Å². The van der Waals surface area contributed by atoms with Crippen molar-refractivity contribution in [2.45, 2.75) is 20.4 Å². The number of carbonyl (C=O) groups is 1. The van der Waals surface area contributed by atoms with Gasteiger partial charge in [0, 0.05) is 17.7 Å². The van der Waals surface area contributed by atoms with Crippen LogP contribution in [-0.4, -0.2) is 20.5 Å². The van der Waals surface area contributed by atoms with Crippen molar-refractivity contribution in [1.29, 1.82) is 0 Å². The van der Waals surface area contributed by atoms with Gasteiger partial charge in [0.05, 0.1) is 20.8 Å². The molecule has 0 atom stereocenters. The molecule has 0 spiro atoms. The second kappa shape index (κ2) is 5.54. The fraction of sp³-hybridized carbons (Fsp3) is 0.231. The van der Waals surface area contributed by atoms with Gasteiger partial charge in [0.1, 0.15) is 6.54 Å². The predicted octanol–water partition coefficient (Wildman–Crippen LogP) is 3.05. The molecule has 20 heavy (non-hydrogen) atoms. The minimum atomic E-state index is -0.517. The number of nitro benzene ring substituents is 1. The molecule has 0 N–H and O–H groups in total. The van der Waals surface area contributed by atoms with E-state index in [-0.39, 0.29) is 18.0 Å². The van der Waals surface area contributed by atoms with Gasteiger partial charge in [0.25, 0.3) is 5.69 Å². The van der Waals surface area contributed by atoms with E-state index in [2.05, 4.69) is 21.0 Å². The molecular formula is C13H12BrN3O3. The molecule has 0 aliphatic heterocycles. The Morgan fingerprint density at radius 3 is 2.70 bits per heavy atom. The molecule has 0 unspecified atom stereocenters. The molecule has 0 amide bonds. The van der Waals surface area contributed by atoms with Crippen molar-refractivity contribution in [2.24, 2.45) is 0 Å². The van der Waals surface area contributed by atoms with Crippen LogP contribution in [0.3, 0.4) is 0 Å². The molecule has 7 heteroatoms. The van der Waals surface area contributed by atoms with Crippen LogP contribution in [0.25, 0.3) is 0 Å². The lowest BCUT2D eigenvalue weighted by molar-refractivity contribution is -0.384. The molecule has 0 fully saturated rings. The lowest BCUT2D eigenvalue weighted by Gasteiger charge is -2.04. The van der Waals surface area contributed by atoms with E-state index in [0.717, 1.165) is 15.9 Å². The second-order valence-corrected chi connectivity index (χ2v) is 5.17. The van der Waals surface area contributed by atoms with Crippen LogP contribution in [0.2, 0.25) is 0 Å². The fourth-order valence-corrected chi connectivity index (χ4v) is 2.13. The third kappa shape index (κ3) is 2.77. The number of benzene rings is 1. The van der Waals surface area contributed by atoms with Crippen molar-refractivity contribution >= 4 is 27.4 Å². The maximum atomic E-state index is 12.2. The van der Waals surface area contributed by atoms with E-state index in [1.807, 2.05) is 13.8 Å². The highest BCUT2D eigenvalue weighted by molar-refractivity contribution is 9.10. The van der Waals surface area contributed by atoms with Crippen molar-refractivity contribution in [3.8, 4) is 0 Å². The molecule has 2 aromatic rings. The molecule has 1 heterocycles. The Morgan fingerprint density at radius 1 is 1.45 bits per heavy atom. The fourth-order valence-electron chi connectivity index (χ4n) is 1.85. The molecule has 0 saturated heterocycles. The number of ketones is 1. The largest absolute Gasteiger partial charge is 0.292 e. The number of Topliss-reactive ketones (excluding diaryl/α,β-unsaturated/α-hetero) is 1. The van der Waals surface area contributed by atoms with Gasteiger partial charge < -0.3 is 0 Å². The zero-order valence-corrected chi connectivity index (χ0v) is 12.5. The summed E-state index contributed by atoms with van der Waals surface area (Å²) in [5, 5.41) is 15.0. The minimum Gasteiger partial charge on any atom is -0.292 e. The van der Waals surface area contributed by atoms with Gasteiger partial charge in [-0.25, -0.2) is 0 Å². The lowest BCUT2D eigenvalue weighted by Crippen LogP contribution is -2.13. The third-order valence-corrected chi connectivity index (χ3v) is 4.11. The highest BCUT2D eigenvalue weighted by atomic mass is 79.9. The molecule has 1 aromatic carbocycles. The van der Waals surface area contributed by atoms with Gasteiger partial charge in [0.15, 0.2) is 5.78 Å². The van der Waals surface area contributed by atoms with E-state index >= 15 is 0 Å². The van der Waals surface area contributed by atoms with Gasteiger partial charge in [-0.2, -0.15) is 5.10 Å². The number of aryl methyl sites for hydroxylation is 1. The van der Waals surface area contributed by atoms with Gasteiger partial charge in [-0.3, -0.25) is 19.6 Å². The van der Waals surface area contributed by atoms with Gasteiger partial charge >= 0.3 is 0 Å². The molecule has 0 saturated carbocycles. The van der Waals surface area contributed by atoms with E-state index in [0.29, 0.717) is 5.56 Å². The Hall–Kier alpha value is -2.02. The number of rotatable bonds is 4. The van der Waals surface area contributed by atoms with Crippen molar-refractivity contribution in [2.75, 3.05) is 0 Å². The third-order valence-electron chi connectivity index (χ3n) is 2.97. The van der Waals surface area contributed by atoms with Crippen LogP contribution in [0, 0.1) is 24.0 Å². The molecule has 104 valence electrons. The van der Waals surface area contributed by atoms with Crippen molar-refractivity contribution in [3.63, 3.8) is 0 Å². The molecule has 0 aliphatic carbocycles. The highest BCUT2D eigenvalue weighted by Gasteiger charge is 2.15. The number of hydrogen-bond acceptors (Lipinski definition) is 4. The normalized spacial score (nSPS) is 10.6. The summed E-state index contributed by atoms with van der Waals surface area (Å²) in [6.07, 6.45) is 0. The minimum absolute atomic E-state index is 0.0550. The molecule has 0 bridgehead atoms. The first kappa shape index (κ1) is 14.4. The Bertz CT molecular complexity index is 694. The predicted molar refractivity (Wildman–Crippen MR) is 76.8 cm³/mol. The summed E-state index contributed by atoms with van der Waals surface area (Å²) in [7, 11) is 0. The number of aromatic nitrogens is 2. The summed E-state index contributed by atoms with van der Waals surface area (Å²) >= 11 is 3.39. The van der Waals surface area contributed by atoms with E-state index in [1.165, 1.54) is 18.2 Å². The maximum Gasteiger partial charge on any atom is 0.270 e. The van der Waals surface area contributed by atoms with E-state index < -0.39 is 4.92 Å². The molecule has 0 aliphatic rings. The summed E-state index contributed by atoms with van der Waals surface area (Å²) in [4.78, 5) is 22.4. The van der Waals surface area contributed by atoms with Gasteiger partial charge in [-0.15, -0.1) is 0 Å². The van der Waals surface area contributed by atoms with Gasteiger partial charge in [-0.05, 0) is 29.8 Å².